The summed E-state index contributed by atoms with van der Waals surface area (Å²) in [6.45, 7) is 1.11. The van der Waals surface area contributed by atoms with Gasteiger partial charge in [0.15, 0.2) is 11.6 Å². The van der Waals surface area contributed by atoms with Gasteiger partial charge in [0.2, 0.25) is 0 Å². The van der Waals surface area contributed by atoms with Gasteiger partial charge in [-0.25, -0.2) is 0 Å². The Hall–Kier alpha value is -2.15. The topological polar surface area (TPSA) is 92.6 Å². The van der Waals surface area contributed by atoms with Crippen LogP contribution in [-0.4, -0.2) is 38.7 Å². The third-order valence-electron chi connectivity index (χ3n) is 3.44. The Balaban J connectivity index is 1.72. The van der Waals surface area contributed by atoms with Gasteiger partial charge < -0.3 is 14.0 Å². The molecular formula is C13H15N3O4. The summed E-state index contributed by atoms with van der Waals surface area (Å²) in [6, 6.07) is 3.01. The van der Waals surface area contributed by atoms with E-state index in [1.165, 1.54) is 6.26 Å². The first-order chi connectivity index (χ1) is 9.74. The van der Waals surface area contributed by atoms with Crippen LogP contribution in [0.15, 0.2) is 27.3 Å². The van der Waals surface area contributed by atoms with E-state index < -0.39 is 12.0 Å². The van der Waals surface area contributed by atoms with Gasteiger partial charge in [-0.15, -0.1) is 0 Å². The van der Waals surface area contributed by atoms with Crippen LogP contribution in [0.1, 0.15) is 25.1 Å². The van der Waals surface area contributed by atoms with Crippen LogP contribution in [0.4, 0.5) is 0 Å². The van der Waals surface area contributed by atoms with Crippen molar-refractivity contribution >= 4 is 5.97 Å². The normalized spacial score (nSPS) is 20.1. The zero-order chi connectivity index (χ0) is 13.9. The molecule has 106 valence electrons. The SMILES string of the molecule is O=C(O)C1CCCCN1Cc1noc(-c2ccco2)n1. The number of carbonyl (C=O) groups is 1. The summed E-state index contributed by atoms with van der Waals surface area (Å²) in [7, 11) is 0. The number of nitrogens with zero attached hydrogens (tertiary/aromatic N) is 3. The highest BCUT2D eigenvalue weighted by molar-refractivity contribution is 5.73. The Kier molecular flexibility index (Phi) is 3.51. The molecule has 0 spiro atoms. The van der Waals surface area contributed by atoms with Crippen LogP contribution < -0.4 is 0 Å². The first-order valence-electron chi connectivity index (χ1n) is 6.57. The molecule has 0 aliphatic carbocycles. The zero-order valence-corrected chi connectivity index (χ0v) is 10.9. The second kappa shape index (κ2) is 5.46. The first kappa shape index (κ1) is 12.9. The van der Waals surface area contributed by atoms with Gasteiger partial charge in [-0.05, 0) is 31.5 Å². The maximum Gasteiger partial charge on any atom is 0.320 e. The van der Waals surface area contributed by atoms with Gasteiger partial charge in [0, 0.05) is 0 Å². The van der Waals surface area contributed by atoms with Crippen molar-refractivity contribution in [3.8, 4) is 11.7 Å². The van der Waals surface area contributed by atoms with Crippen molar-refractivity contribution in [2.24, 2.45) is 0 Å². The summed E-state index contributed by atoms with van der Waals surface area (Å²) in [6.07, 6.45) is 4.13. The number of aliphatic carboxylic acids is 1. The predicted molar refractivity (Wildman–Crippen MR) is 67.7 cm³/mol. The van der Waals surface area contributed by atoms with Crippen LogP contribution in [0, 0.1) is 0 Å². The molecule has 1 saturated heterocycles. The summed E-state index contributed by atoms with van der Waals surface area (Å²) in [5.41, 5.74) is 0. The molecule has 1 unspecified atom stereocenters. The van der Waals surface area contributed by atoms with Crippen LogP contribution in [0.5, 0.6) is 0 Å². The summed E-state index contributed by atoms with van der Waals surface area (Å²) in [5, 5.41) is 13.1. The molecule has 7 heteroatoms. The monoisotopic (exact) mass is 277 g/mol. The fourth-order valence-corrected chi connectivity index (χ4v) is 2.46. The highest BCUT2D eigenvalue weighted by atomic mass is 16.5. The molecule has 3 rings (SSSR count). The molecular weight excluding hydrogens is 262 g/mol. The van der Waals surface area contributed by atoms with Crippen molar-refractivity contribution in [2.75, 3.05) is 6.54 Å². The molecule has 1 fully saturated rings. The maximum atomic E-state index is 11.2. The van der Waals surface area contributed by atoms with Crippen molar-refractivity contribution in [2.45, 2.75) is 31.8 Å². The van der Waals surface area contributed by atoms with Gasteiger partial charge in [0.1, 0.15) is 6.04 Å². The van der Waals surface area contributed by atoms with Crippen LogP contribution in [0.25, 0.3) is 11.7 Å². The fraction of sp³-hybridized carbons (Fsp3) is 0.462. The number of hydrogen-bond acceptors (Lipinski definition) is 6. The number of likely N-dealkylation sites (tertiary alicyclic amines) is 1. The van der Waals surface area contributed by atoms with Gasteiger partial charge in [0.25, 0.3) is 5.89 Å². The summed E-state index contributed by atoms with van der Waals surface area (Å²) in [4.78, 5) is 17.3. The van der Waals surface area contributed by atoms with Crippen LogP contribution >= 0.6 is 0 Å². The molecule has 1 aliphatic heterocycles. The number of carboxylic acid groups (broad SMARTS) is 1. The van der Waals surface area contributed by atoms with Crippen LogP contribution in [0.3, 0.4) is 0 Å². The number of furan rings is 1. The van der Waals surface area contributed by atoms with E-state index in [0.29, 0.717) is 30.4 Å². The molecule has 0 radical (unpaired) electrons. The van der Waals surface area contributed by atoms with E-state index in [9.17, 15) is 9.90 Å². The van der Waals surface area contributed by atoms with Gasteiger partial charge in [-0.2, -0.15) is 4.98 Å². The number of hydrogen-bond donors (Lipinski definition) is 1. The van der Waals surface area contributed by atoms with Gasteiger partial charge in [0.05, 0.1) is 12.8 Å². The Morgan fingerprint density at radius 2 is 2.40 bits per heavy atom. The molecule has 2 aromatic rings. The van der Waals surface area contributed by atoms with E-state index in [4.69, 9.17) is 8.94 Å². The van der Waals surface area contributed by atoms with E-state index in [0.717, 1.165) is 19.4 Å². The molecule has 20 heavy (non-hydrogen) atoms. The number of carboxylic acids is 1. The second-order valence-electron chi connectivity index (χ2n) is 4.81. The summed E-state index contributed by atoms with van der Waals surface area (Å²) in [5.74, 6) is 0.509. The summed E-state index contributed by atoms with van der Waals surface area (Å²) < 4.78 is 10.3. The lowest BCUT2D eigenvalue weighted by Gasteiger charge is -2.31. The third-order valence-corrected chi connectivity index (χ3v) is 3.44. The van der Waals surface area contributed by atoms with Gasteiger partial charge in [-0.1, -0.05) is 11.6 Å². The Bertz CT molecular complexity index is 578. The van der Waals surface area contributed by atoms with Crippen molar-refractivity contribution in [1.82, 2.24) is 15.0 Å². The molecule has 1 N–H and O–H groups in total. The fourth-order valence-electron chi connectivity index (χ4n) is 2.46. The molecule has 0 bridgehead atoms. The average molecular weight is 277 g/mol. The van der Waals surface area contributed by atoms with Crippen molar-refractivity contribution < 1.29 is 18.8 Å². The van der Waals surface area contributed by atoms with Gasteiger partial charge in [-0.3, -0.25) is 9.69 Å². The average Bonchev–Trinajstić information content (AvgIpc) is 3.09. The molecule has 0 saturated carbocycles. The highest BCUT2D eigenvalue weighted by Crippen LogP contribution is 2.21. The van der Waals surface area contributed by atoms with E-state index in [-0.39, 0.29) is 0 Å². The Morgan fingerprint density at radius 3 is 3.15 bits per heavy atom. The Morgan fingerprint density at radius 1 is 1.50 bits per heavy atom. The predicted octanol–water partition coefficient (Wildman–Crippen LogP) is 1.77. The van der Waals surface area contributed by atoms with E-state index in [1.54, 1.807) is 12.1 Å². The second-order valence-corrected chi connectivity index (χ2v) is 4.81. The van der Waals surface area contributed by atoms with E-state index >= 15 is 0 Å². The van der Waals surface area contributed by atoms with Crippen LogP contribution in [-0.2, 0) is 11.3 Å². The molecule has 0 aromatic carbocycles. The minimum atomic E-state index is -0.792. The number of piperidine rings is 1. The molecule has 1 atom stereocenters. The summed E-state index contributed by atoms with van der Waals surface area (Å²) >= 11 is 0. The number of aromatic nitrogens is 2. The van der Waals surface area contributed by atoms with Gasteiger partial charge >= 0.3 is 5.97 Å². The minimum absolute atomic E-state index is 0.314. The molecule has 7 nitrogen and oxygen atoms in total. The lowest BCUT2D eigenvalue weighted by molar-refractivity contribution is -0.144. The molecule has 1 aliphatic rings. The van der Waals surface area contributed by atoms with E-state index in [2.05, 4.69) is 10.1 Å². The minimum Gasteiger partial charge on any atom is -0.480 e. The van der Waals surface area contributed by atoms with Crippen molar-refractivity contribution in [3.05, 3.63) is 24.2 Å². The first-order valence-corrected chi connectivity index (χ1v) is 6.57. The standard InChI is InChI=1S/C13H15N3O4/c17-13(18)9-4-1-2-6-16(9)8-11-14-12(20-15-11)10-5-3-7-19-10/h3,5,7,9H,1-2,4,6,8H2,(H,17,18). The molecule has 0 amide bonds. The highest BCUT2D eigenvalue weighted by Gasteiger charge is 2.29. The molecule has 2 aromatic heterocycles. The van der Waals surface area contributed by atoms with Crippen molar-refractivity contribution in [3.63, 3.8) is 0 Å². The van der Waals surface area contributed by atoms with Crippen molar-refractivity contribution in [1.29, 1.82) is 0 Å². The lowest BCUT2D eigenvalue weighted by Crippen LogP contribution is -2.44. The largest absolute Gasteiger partial charge is 0.480 e. The van der Waals surface area contributed by atoms with Crippen LogP contribution in [0.2, 0.25) is 0 Å². The zero-order valence-electron chi connectivity index (χ0n) is 10.9. The van der Waals surface area contributed by atoms with E-state index in [1.807, 2.05) is 4.90 Å². The quantitative estimate of drug-likeness (QED) is 0.910. The lowest BCUT2D eigenvalue weighted by atomic mass is 10.0. The smallest absolute Gasteiger partial charge is 0.320 e. The Labute approximate surface area is 115 Å². The molecule has 3 heterocycles. The maximum absolute atomic E-state index is 11.2. The third kappa shape index (κ3) is 2.57. The number of rotatable bonds is 4.